The fourth-order valence-corrected chi connectivity index (χ4v) is 3.96. The number of aromatic nitrogens is 3. The molecule has 7 nitrogen and oxygen atoms in total. The lowest BCUT2D eigenvalue weighted by molar-refractivity contribution is 0.0891. The number of carbonyl (C=O) groups excluding carboxylic acids is 2. The molecule has 0 spiro atoms. The van der Waals surface area contributed by atoms with Gasteiger partial charge < -0.3 is 10.3 Å². The van der Waals surface area contributed by atoms with Gasteiger partial charge in [-0.3, -0.25) is 15.1 Å². The van der Waals surface area contributed by atoms with Crippen LogP contribution in [-0.4, -0.2) is 33.3 Å². The lowest BCUT2D eigenvalue weighted by atomic mass is 9.83. The third-order valence-electron chi connectivity index (χ3n) is 5.39. The molecule has 7 heteroatoms. The molecule has 2 aromatic heterocycles. The molecule has 150 valence electrons. The summed E-state index contributed by atoms with van der Waals surface area (Å²) in [7, 11) is 0. The zero-order chi connectivity index (χ0) is 20.2. The number of ketones is 1. The molecule has 0 unspecified atom stereocenters. The van der Waals surface area contributed by atoms with Gasteiger partial charge in [0, 0.05) is 36.0 Å². The summed E-state index contributed by atoms with van der Waals surface area (Å²) in [5.41, 5.74) is 3.75. The molecule has 0 atom stereocenters. The number of benzene rings is 1. The fourth-order valence-electron chi connectivity index (χ4n) is 3.96. The molecule has 1 aromatic carbocycles. The molecule has 3 N–H and O–H groups in total. The number of carbonyl (C=O) groups is 2. The van der Waals surface area contributed by atoms with Gasteiger partial charge in [0.25, 0.3) is 0 Å². The molecule has 1 fully saturated rings. The molecule has 0 radical (unpaired) electrons. The van der Waals surface area contributed by atoms with E-state index >= 15 is 0 Å². The van der Waals surface area contributed by atoms with Crippen LogP contribution in [0.25, 0.3) is 22.2 Å². The Kier molecular flexibility index (Phi) is 5.55. The summed E-state index contributed by atoms with van der Waals surface area (Å²) in [5, 5.41) is 5.38. The van der Waals surface area contributed by atoms with E-state index in [0.717, 1.165) is 42.3 Å². The van der Waals surface area contributed by atoms with Crippen LogP contribution < -0.4 is 10.6 Å². The van der Waals surface area contributed by atoms with Crippen molar-refractivity contribution in [3.05, 3.63) is 42.2 Å². The van der Waals surface area contributed by atoms with E-state index < -0.39 is 0 Å². The molecule has 0 saturated heterocycles. The fraction of sp³-hybridized carbons (Fsp3) is 0.364. The Morgan fingerprint density at radius 1 is 1.17 bits per heavy atom. The number of hydrogen-bond donors (Lipinski definition) is 3. The van der Waals surface area contributed by atoms with Crippen molar-refractivity contribution in [1.29, 1.82) is 0 Å². The van der Waals surface area contributed by atoms with Gasteiger partial charge in [0.2, 0.25) is 5.95 Å². The topological polar surface area (TPSA) is 99.8 Å². The van der Waals surface area contributed by atoms with Crippen LogP contribution in [0.4, 0.5) is 10.7 Å². The van der Waals surface area contributed by atoms with Crippen molar-refractivity contribution < 1.29 is 9.59 Å². The van der Waals surface area contributed by atoms with Crippen LogP contribution >= 0.6 is 0 Å². The second kappa shape index (κ2) is 8.43. The van der Waals surface area contributed by atoms with Gasteiger partial charge in [-0.05, 0) is 43.5 Å². The van der Waals surface area contributed by atoms with Crippen LogP contribution in [0.3, 0.4) is 0 Å². The first-order valence-corrected chi connectivity index (χ1v) is 10.2. The maximum atomic E-state index is 13.4. The van der Waals surface area contributed by atoms with Crippen molar-refractivity contribution in [3.8, 4) is 11.1 Å². The van der Waals surface area contributed by atoms with E-state index in [1.54, 1.807) is 12.4 Å². The minimum atomic E-state index is -0.334. The Balaban J connectivity index is 1.78. The quantitative estimate of drug-likeness (QED) is 0.556. The number of rotatable bonds is 5. The molecule has 29 heavy (non-hydrogen) atoms. The number of H-pyrrole nitrogens is 1. The number of Topliss-reactive ketones (excluding diaryl/α,β-unsaturated/α-hetero) is 1. The molecule has 2 amide bonds. The standard InChI is InChI=1S/C22H25N5O2/c1-2-24-22(29)27-21-25-18-12-16(15-9-6-10-23-13-15)11-17(19(18)26-21)20(28)14-7-4-3-5-8-14/h6,9-14H,2-5,7-8H2,1H3,(H3,24,25,26,27,29). The molecular formula is C22H25N5O2. The number of pyridine rings is 1. The lowest BCUT2D eigenvalue weighted by Gasteiger charge is -2.20. The summed E-state index contributed by atoms with van der Waals surface area (Å²) in [4.78, 5) is 37.1. The number of anilines is 1. The highest BCUT2D eigenvalue weighted by Gasteiger charge is 2.26. The SMILES string of the molecule is CCNC(=O)Nc1nc2c(C(=O)C3CCCCC3)cc(-c3cccnc3)cc2[nH]1. The van der Waals surface area contributed by atoms with Gasteiger partial charge in [0.15, 0.2) is 5.78 Å². The maximum absolute atomic E-state index is 13.4. The average Bonchev–Trinajstić information content (AvgIpc) is 3.16. The van der Waals surface area contributed by atoms with Crippen LogP contribution in [0, 0.1) is 5.92 Å². The van der Waals surface area contributed by atoms with Crippen LogP contribution in [0.1, 0.15) is 49.4 Å². The van der Waals surface area contributed by atoms with Gasteiger partial charge in [0.1, 0.15) is 5.52 Å². The zero-order valence-corrected chi connectivity index (χ0v) is 16.5. The summed E-state index contributed by atoms with van der Waals surface area (Å²) in [5.74, 6) is 0.496. The van der Waals surface area contributed by atoms with Crippen LogP contribution in [0.2, 0.25) is 0 Å². The number of nitrogens with zero attached hydrogens (tertiary/aromatic N) is 2. The largest absolute Gasteiger partial charge is 0.338 e. The number of imidazole rings is 1. The number of aromatic amines is 1. The summed E-state index contributed by atoms with van der Waals surface area (Å²) in [6.45, 7) is 2.36. The van der Waals surface area contributed by atoms with Crippen molar-refractivity contribution in [3.63, 3.8) is 0 Å². The van der Waals surface area contributed by atoms with Crippen molar-refractivity contribution >= 4 is 28.8 Å². The van der Waals surface area contributed by atoms with Gasteiger partial charge in [0.05, 0.1) is 5.52 Å². The first-order chi connectivity index (χ1) is 14.2. The summed E-state index contributed by atoms with van der Waals surface area (Å²) in [6.07, 6.45) is 8.72. The Morgan fingerprint density at radius 2 is 2.00 bits per heavy atom. The number of amides is 2. The second-order valence-corrected chi connectivity index (χ2v) is 7.43. The monoisotopic (exact) mass is 391 g/mol. The molecule has 2 heterocycles. The Hall–Kier alpha value is -3.22. The third-order valence-corrected chi connectivity index (χ3v) is 5.39. The Labute approximate surface area is 169 Å². The number of hydrogen-bond acceptors (Lipinski definition) is 4. The second-order valence-electron chi connectivity index (χ2n) is 7.43. The van der Waals surface area contributed by atoms with E-state index in [1.807, 2.05) is 31.2 Å². The molecule has 1 aliphatic carbocycles. The van der Waals surface area contributed by atoms with Crippen molar-refractivity contribution in [1.82, 2.24) is 20.3 Å². The highest BCUT2D eigenvalue weighted by molar-refractivity contribution is 6.09. The van der Waals surface area contributed by atoms with Crippen LogP contribution in [0.5, 0.6) is 0 Å². The predicted molar refractivity (Wildman–Crippen MR) is 113 cm³/mol. The Bertz CT molecular complexity index is 1020. The van der Waals surface area contributed by atoms with E-state index in [2.05, 4.69) is 25.6 Å². The maximum Gasteiger partial charge on any atom is 0.321 e. The van der Waals surface area contributed by atoms with Gasteiger partial charge in [-0.15, -0.1) is 0 Å². The molecular weight excluding hydrogens is 366 g/mol. The van der Waals surface area contributed by atoms with E-state index in [1.165, 1.54) is 6.42 Å². The van der Waals surface area contributed by atoms with Crippen LogP contribution in [0.15, 0.2) is 36.7 Å². The highest BCUT2D eigenvalue weighted by Crippen LogP contribution is 2.32. The molecule has 3 aromatic rings. The summed E-state index contributed by atoms with van der Waals surface area (Å²) >= 11 is 0. The third kappa shape index (κ3) is 4.13. The summed E-state index contributed by atoms with van der Waals surface area (Å²) in [6, 6.07) is 7.36. The predicted octanol–water partition coefficient (Wildman–Crippen LogP) is 4.53. The molecule has 0 bridgehead atoms. The zero-order valence-electron chi connectivity index (χ0n) is 16.5. The van der Waals surface area contributed by atoms with Crippen molar-refractivity contribution in [2.45, 2.75) is 39.0 Å². The van der Waals surface area contributed by atoms with Gasteiger partial charge in [-0.1, -0.05) is 25.3 Å². The highest BCUT2D eigenvalue weighted by atomic mass is 16.2. The van der Waals surface area contributed by atoms with E-state index in [9.17, 15) is 9.59 Å². The van der Waals surface area contributed by atoms with Crippen molar-refractivity contribution in [2.24, 2.45) is 5.92 Å². The number of fused-ring (bicyclic) bond motifs is 1. The smallest absolute Gasteiger partial charge is 0.321 e. The minimum Gasteiger partial charge on any atom is -0.338 e. The average molecular weight is 391 g/mol. The summed E-state index contributed by atoms with van der Waals surface area (Å²) < 4.78 is 0. The minimum absolute atomic E-state index is 0.0348. The molecule has 4 rings (SSSR count). The molecule has 0 aliphatic heterocycles. The van der Waals surface area contributed by atoms with Crippen LogP contribution in [-0.2, 0) is 0 Å². The lowest BCUT2D eigenvalue weighted by Crippen LogP contribution is -2.28. The van der Waals surface area contributed by atoms with E-state index in [4.69, 9.17) is 0 Å². The first-order valence-electron chi connectivity index (χ1n) is 10.2. The van der Waals surface area contributed by atoms with Gasteiger partial charge in [-0.25, -0.2) is 9.78 Å². The van der Waals surface area contributed by atoms with E-state index in [0.29, 0.717) is 23.6 Å². The van der Waals surface area contributed by atoms with Gasteiger partial charge in [-0.2, -0.15) is 0 Å². The molecule has 1 aliphatic rings. The van der Waals surface area contributed by atoms with Gasteiger partial charge >= 0.3 is 6.03 Å². The number of urea groups is 1. The number of nitrogens with one attached hydrogen (secondary N) is 3. The molecule has 1 saturated carbocycles. The van der Waals surface area contributed by atoms with E-state index in [-0.39, 0.29) is 17.7 Å². The first kappa shape index (κ1) is 19.1. The normalized spacial score (nSPS) is 14.7. The Morgan fingerprint density at radius 3 is 2.72 bits per heavy atom. The van der Waals surface area contributed by atoms with Crippen molar-refractivity contribution in [2.75, 3.05) is 11.9 Å².